The van der Waals surface area contributed by atoms with E-state index in [4.69, 9.17) is 0 Å². The molecule has 2 heterocycles. The molecule has 1 aliphatic rings. The van der Waals surface area contributed by atoms with Crippen molar-refractivity contribution in [3.8, 4) is 0 Å². The van der Waals surface area contributed by atoms with Crippen LogP contribution in [-0.2, 0) is 11.8 Å². The number of aromatic nitrogens is 2. The summed E-state index contributed by atoms with van der Waals surface area (Å²) in [6.07, 6.45) is -0.555. The number of amides is 1. The van der Waals surface area contributed by atoms with Crippen molar-refractivity contribution >= 4 is 18.3 Å². The van der Waals surface area contributed by atoms with E-state index in [0.29, 0.717) is 18.5 Å². The zero-order valence-electron chi connectivity index (χ0n) is 12.4. The molecule has 2 atom stereocenters. The van der Waals surface area contributed by atoms with E-state index in [1.54, 1.807) is 31.2 Å². The van der Waals surface area contributed by atoms with Crippen LogP contribution in [0.15, 0.2) is 12.4 Å². The number of likely N-dealkylation sites (tertiary alicyclic amines) is 1. The predicted molar refractivity (Wildman–Crippen MR) is 77.6 cm³/mol. The maximum absolute atomic E-state index is 12.8. The number of likely N-dealkylation sites (N-methyl/N-ethyl adjacent to an activating group) is 1. The van der Waals surface area contributed by atoms with Crippen LogP contribution in [0.4, 0.5) is 13.2 Å². The first-order valence-corrected chi connectivity index (χ1v) is 6.84. The zero-order valence-corrected chi connectivity index (χ0v) is 13.2. The summed E-state index contributed by atoms with van der Waals surface area (Å²) in [6.45, 7) is 0.102. The van der Waals surface area contributed by atoms with Crippen molar-refractivity contribution in [3.05, 3.63) is 18.0 Å². The van der Waals surface area contributed by atoms with Gasteiger partial charge >= 0.3 is 6.18 Å². The van der Waals surface area contributed by atoms with Crippen LogP contribution in [0.25, 0.3) is 0 Å². The number of hydrogen-bond donors (Lipinski definition) is 1. The second-order valence-corrected chi connectivity index (χ2v) is 5.33. The number of aryl methyl sites for hydroxylation is 1. The van der Waals surface area contributed by atoms with E-state index >= 15 is 0 Å². The molecule has 22 heavy (non-hydrogen) atoms. The zero-order chi connectivity index (χ0) is 15.6. The number of hydrogen-bond acceptors (Lipinski definition) is 3. The number of nitrogens with one attached hydrogen (secondary N) is 1. The predicted octanol–water partition coefficient (Wildman–Crippen LogP) is 1.90. The minimum absolute atomic E-state index is 0. The van der Waals surface area contributed by atoms with Gasteiger partial charge in [-0.25, -0.2) is 0 Å². The van der Waals surface area contributed by atoms with Gasteiger partial charge in [0.05, 0.1) is 12.1 Å². The number of alkyl halides is 3. The van der Waals surface area contributed by atoms with Crippen LogP contribution in [0.2, 0.25) is 0 Å². The van der Waals surface area contributed by atoms with Gasteiger partial charge in [0.1, 0.15) is 6.04 Å². The average Bonchev–Trinajstić information content (AvgIpc) is 2.85. The highest BCUT2D eigenvalue weighted by Gasteiger charge is 2.43. The molecular weight excluding hydrogens is 321 g/mol. The van der Waals surface area contributed by atoms with Gasteiger partial charge in [0, 0.05) is 31.9 Å². The van der Waals surface area contributed by atoms with Crippen LogP contribution in [0.3, 0.4) is 0 Å². The number of piperidine rings is 1. The monoisotopic (exact) mass is 340 g/mol. The molecule has 0 saturated carbocycles. The Hall–Kier alpha value is -1.28. The number of carbonyl (C=O) groups excluding carboxylic acids is 1. The first-order chi connectivity index (χ1) is 9.82. The van der Waals surface area contributed by atoms with Crippen molar-refractivity contribution in [1.82, 2.24) is 20.0 Å². The van der Waals surface area contributed by atoms with Gasteiger partial charge < -0.3 is 10.2 Å². The van der Waals surface area contributed by atoms with Crippen LogP contribution in [0.1, 0.15) is 24.4 Å². The van der Waals surface area contributed by atoms with Crippen molar-refractivity contribution in [2.75, 3.05) is 20.1 Å². The lowest BCUT2D eigenvalue weighted by molar-refractivity contribution is -0.188. The Bertz CT molecular complexity index is 506. The third kappa shape index (κ3) is 4.13. The maximum atomic E-state index is 12.8. The van der Waals surface area contributed by atoms with Gasteiger partial charge in [0.25, 0.3) is 0 Å². The molecule has 1 aliphatic heterocycles. The molecule has 1 aromatic rings. The fourth-order valence-electron chi connectivity index (χ4n) is 2.65. The van der Waals surface area contributed by atoms with Crippen LogP contribution >= 0.6 is 12.4 Å². The van der Waals surface area contributed by atoms with Gasteiger partial charge in [-0.1, -0.05) is 0 Å². The number of nitrogens with zero attached hydrogens (tertiary/aromatic N) is 3. The first-order valence-electron chi connectivity index (χ1n) is 6.84. The van der Waals surface area contributed by atoms with Crippen molar-refractivity contribution in [2.24, 2.45) is 13.0 Å². The second-order valence-electron chi connectivity index (χ2n) is 5.33. The highest BCUT2D eigenvalue weighted by Crippen LogP contribution is 2.33. The number of carbonyl (C=O) groups is 1. The molecule has 126 valence electrons. The van der Waals surface area contributed by atoms with E-state index < -0.39 is 18.1 Å². The van der Waals surface area contributed by atoms with Gasteiger partial charge in [-0.2, -0.15) is 18.3 Å². The molecule has 1 fully saturated rings. The first kappa shape index (κ1) is 18.8. The van der Waals surface area contributed by atoms with Crippen molar-refractivity contribution in [3.63, 3.8) is 0 Å². The van der Waals surface area contributed by atoms with Gasteiger partial charge in [-0.15, -0.1) is 12.4 Å². The smallest absolute Gasteiger partial charge is 0.340 e. The molecule has 2 rings (SSSR count). The van der Waals surface area contributed by atoms with Gasteiger partial charge in [0.2, 0.25) is 5.91 Å². The molecule has 1 N–H and O–H groups in total. The van der Waals surface area contributed by atoms with Crippen LogP contribution in [-0.4, -0.2) is 46.9 Å². The van der Waals surface area contributed by atoms with Gasteiger partial charge in [-0.3, -0.25) is 9.48 Å². The van der Waals surface area contributed by atoms with E-state index in [-0.39, 0.29) is 31.3 Å². The van der Waals surface area contributed by atoms with Crippen molar-refractivity contribution < 1.29 is 18.0 Å². The van der Waals surface area contributed by atoms with Crippen LogP contribution in [0, 0.1) is 5.92 Å². The Labute approximate surface area is 133 Å². The van der Waals surface area contributed by atoms with Crippen molar-refractivity contribution in [2.45, 2.75) is 25.1 Å². The summed E-state index contributed by atoms with van der Waals surface area (Å²) < 4.78 is 40.0. The normalized spacial score (nSPS) is 20.4. The van der Waals surface area contributed by atoms with Gasteiger partial charge in [-0.05, 0) is 19.9 Å². The number of halogens is 4. The minimum Gasteiger partial charge on any atom is -0.340 e. The van der Waals surface area contributed by atoms with E-state index in [2.05, 4.69) is 10.4 Å². The molecule has 0 aliphatic carbocycles. The van der Waals surface area contributed by atoms with E-state index in [1.165, 1.54) is 4.90 Å². The molecule has 0 aromatic carbocycles. The molecule has 1 amide bonds. The lowest BCUT2D eigenvalue weighted by Gasteiger charge is -2.35. The third-order valence-corrected chi connectivity index (χ3v) is 3.79. The summed E-state index contributed by atoms with van der Waals surface area (Å²) in [7, 11) is 3.34. The largest absolute Gasteiger partial charge is 0.393 e. The Morgan fingerprint density at radius 2 is 2.18 bits per heavy atom. The quantitative estimate of drug-likeness (QED) is 0.914. The van der Waals surface area contributed by atoms with Crippen molar-refractivity contribution in [1.29, 1.82) is 0 Å². The summed E-state index contributed by atoms with van der Waals surface area (Å²) >= 11 is 0. The SMILES string of the molecule is CNC(C(=O)N1CCCC(C(F)(F)F)C1)c1cnn(C)c1.Cl. The fourth-order valence-corrected chi connectivity index (χ4v) is 2.65. The fraction of sp³-hybridized carbons (Fsp3) is 0.692. The minimum atomic E-state index is -4.25. The molecule has 0 radical (unpaired) electrons. The molecule has 1 aromatic heterocycles. The lowest BCUT2D eigenvalue weighted by Crippen LogP contribution is -2.48. The summed E-state index contributed by atoms with van der Waals surface area (Å²) in [5, 5.41) is 6.85. The summed E-state index contributed by atoms with van der Waals surface area (Å²) in [6, 6.07) is -0.661. The summed E-state index contributed by atoms with van der Waals surface area (Å²) in [5.41, 5.74) is 0.652. The van der Waals surface area contributed by atoms with Crippen LogP contribution in [0.5, 0.6) is 0 Å². The Morgan fingerprint density at radius 1 is 1.50 bits per heavy atom. The molecule has 0 bridgehead atoms. The Balaban J connectivity index is 0.00000242. The third-order valence-electron chi connectivity index (χ3n) is 3.79. The average molecular weight is 341 g/mol. The standard InChI is InChI=1S/C13H19F3N4O.ClH/c1-17-11(9-6-18-19(2)7-9)12(21)20-5-3-4-10(8-20)13(14,15)16;/h6-7,10-11,17H,3-5,8H2,1-2H3;1H. The Morgan fingerprint density at radius 3 is 2.68 bits per heavy atom. The second kappa shape index (κ2) is 7.32. The van der Waals surface area contributed by atoms with Gasteiger partial charge in [0.15, 0.2) is 0 Å². The van der Waals surface area contributed by atoms with E-state index in [9.17, 15) is 18.0 Å². The van der Waals surface area contributed by atoms with E-state index in [1.807, 2.05) is 0 Å². The molecule has 1 saturated heterocycles. The molecule has 0 spiro atoms. The lowest BCUT2D eigenvalue weighted by atomic mass is 9.96. The molecule has 5 nitrogen and oxygen atoms in total. The maximum Gasteiger partial charge on any atom is 0.393 e. The highest BCUT2D eigenvalue weighted by molar-refractivity contribution is 5.85. The topological polar surface area (TPSA) is 50.2 Å². The highest BCUT2D eigenvalue weighted by atomic mass is 35.5. The Kier molecular flexibility index (Phi) is 6.25. The molecule has 9 heteroatoms. The summed E-state index contributed by atoms with van der Waals surface area (Å²) in [4.78, 5) is 13.8. The molecule has 2 unspecified atom stereocenters. The van der Waals surface area contributed by atoms with Crippen LogP contribution < -0.4 is 5.32 Å². The molecular formula is C13H20ClF3N4O. The summed E-state index contributed by atoms with van der Waals surface area (Å²) in [5.74, 6) is -1.76. The number of rotatable bonds is 3. The van der Waals surface area contributed by atoms with E-state index in [0.717, 1.165) is 0 Å².